The van der Waals surface area contributed by atoms with Crippen molar-refractivity contribution in [2.45, 2.75) is 29.1 Å². The van der Waals surface area contributed by atoms with Gasteiger partial charge in [-0.05, 0) is 68.0 Å². The summed E-state index contributed by atoms with van der Waals surface area (Å²) in [5.74, 6) is -0.825. The highest BCUT2D eigenvalue weighted by Gasteiger charge is 2.29. The van der Waals surface area contributed by atoms with Gasteiger partial charge in [-0.2, -0.15) is 0 Å². The topological polar surface area (TPSA) is 57.7 Å². The number of hydrogen-bond donors (Lipinski definition) is 0. The quantitative estimate of drug-likeness (QED) is 0.665. The van der Waals surface area contributed by atoms with Crippen LogP contribution in [0.2, 0.25) is 0 Å². The summed E-state index contributed by atoms with van der Waals surface area (Å²) in [4.78, 5) is 15.5. The van der Waals surface area contributed by atoms with Crippen molar-refractivity contribution in [2.24, 2.45) is 0 Å². The summed E-state index contributed by atoms with van der Waals surface area (Å²) in [7, 11) is -4.02. The molecule has 0 aromatic heterocycles. The number of carbonyl (C=O) groups excluding carboxylic acids is 1. The van der Waals surface area contributed by atoms with Crippen LogP contribution in [0.3, 0.4) is 0 Å². The first-order valence-corrected chi connectivity index (χ1v) is 11.8. The number of piperidine rings is 1. The van der Waals surface area contributed by atoms with E-state index in [4.69, 9.17) is 0 Å². The molecule has 1 fully saturated rings. The molecule has 0 aliphatic carbocycles. The van der Waals surface area contributed by atoms with Gasteiger partial charge in [0, 0.05) is 18.0 Å². The zero-order valence-corrected chi connectivity index (χ0v) is 17.3. The number of amides is 1. The number of hydrogen-bond acceptors (Lipinski definition) is 4. The van der Waals surface area contributed by atoms with E-state index >= 15 is 0 Å². The monoisotopic (exact) mass is 422 g/mol. The molecule has 5 nitrogen and oxygen atoms in total. The predicted octanol–water partition coefficient (Wildman–Crippen LogP) is 3.76. The van der Waals surface area contributed by atoms with Crippen LogP contribution in [0.4, 0.5) is 10.1 Å². The Morgan fingerprint density at radius 3 is 2.39 bits per heavy atom. The molecule has 0 N–H and O–H groups in total. The van der Waals surface area contributed by atoms with Gasteiger partial charge in [0.05, 0.1) is 10.6 Å². The molecule has 0 spiro atoms. The second kappa shape index (κ2) is 8.96. The Balaban J connectivity index is 1.95. The molecule has 0 radical (unpaired) electrons. The standard InChI is InChI=1S/C20H23FN2O3S2/c1-27-18-8-10-19(11-9-18)28(25,26)23(17-7-5-6-16(21)14-17)15-20(24)22-12-3-2-4-13-22/h5-11,14H,2-4,12-13,15H2,1H3. The Labute approximate surface area is 169 Å². The van der Waals surface area contributed by atoms with Crippen LogP contribution in [-0.4, -0.2) is 45.1 Å². The molecule has 0 atom stereocenters. The number of sulfonamides is 1. The molecule has 28 heavy (non-hydrogen) atoms. The van der Waals surface area contributed by atoms with Crippen LogP contribution < -0.4 is 4.31 Å². The van der Waals surface area contributed by atoms with E-state index in [1.807, 2.05) is 6.26 Å². The summed E-state index contributed by atoms with van der Waals surface area (Å²) in [5.41, 5.74) is 0.138. The van der Waals surface area contributed by atoms with Gasteiger partial charge in [-0.3, -0.25) is 9.10 Å². The third-order valence-electron chi connectivity index (χ3n) is 4.73. The Kier molecular flexibility index (Phi) is 6.61. The first-order valence-electron chi connectivity index (χ1n) is 9.12. The van der Waals surface area contributed by atoms with Crippen molar-refractivity contribution in [1.29, 1.82) is 0 Å². The fourth-order valence-corrected chi connectivity index (χ4v) is 5.00. The smallest absolute Gasteiger partial charge is 0.264 e. The van der Waals surface area contributed by atoms with Gasteiger partial charge in [-0.1, -0.05) is 6.07 Å². The normalized spacial score (nSPS) is 14.7. The van der Waals surface area contributed by atoms with E-state index in [9.17, 15) is 17.6 Å². The van der Waals surface area contributed by atoms with Crippen LogP contribution in [0.5, 0.6) is 0 Å². The third kappa shape index (κ3) is 4.67. The number of likely N-dealkylation sites (tertiary alicyclic amines) is 1. The maximum absolute atomic E-state index is 13.8. The average molecular weight is 423 g/mol. The van der Waals surface area contributed by atoms with Crippen LogP contribution in [-0.2, 0) is 14.8 Å². The fourth-order valence-electron chi connectivity index (χ4n) is 3.19. The van der Waals surface area contributed by atoms with Crippen LogP contribution in [0.15, 0.2) is 58.3 Å². The summed E-state index contributed by atoms with van der Waals surface area (Å²) in [6, 6.07) is 11.8. The molecule has 8 heteroatoms. The Morgan fingerprint density at radius 2 is 1.79 bits per heavy atom. The number of thioether (sulfide) groups is 1. The molecular weight excluding hydrogens is 399 g/mol. The largest absolute Gasteiger partial charge is 0.341 e. The highest BCUT2D eigenvalue weighted by Crippen LogP contribution is 2.26. The Morgan fingerprint density at radius 1 is 1.11 bits per heavy atom. The van der Waals surface area contributed by atoms with Gasteiger partial charge in [0.15, 0.2) is 0 Å². The zero-order chi connectivity index (χ0) is 20.1. The van der Waals surface area contributed by atoms with Crippen molar-refractivity contribution in [1.82, 2.24) is 4.90 Å². The summed E-state index contributed by atoms with van der Waals surface area (Å²) in [6.07, 6.45) is 4.79. The van der Waals surface area contributed by atoms with Gasteiger partial charge >= 0.3 is 0 Å². The van der Waals surface area contributed by atoms with Crippen molar-refractivity contribution in [3.63, 3.8) is 0 Å². The number of halogens is 1. The maximum atomic E-state index is 13.8. The van der Waals surface area contributed by atoms with E-state index in [1.54, 1.807) is 17.0 Å². The lowest BCUT2D eigenvalue weighted by molar-refractivity contribution is -0.130. The minimum atomic E-state index is -4.02. The van der Waals surface area contributed by atoms with E-state index < -0.39 is 15.8 Å². The third-order valence-corrected chi connectivity index (χ3v) is 7.26. The van der Waals surface area contributed by atoms with E-state index in [0.717, 1.165) is 34.5 Å². The van der Waals surface area contributed by atoms with Crippen LogP contribution >= 0.6 is 11.8 Å². The molecule has 0 saturated carbocycles. The minimum absolute atomic E-state index is 0.0704. The molecule has 1 aliphatic rings. The van der Waals surface area contributed by atoms with Gasteiger partial charge in [0.2, 0.25) is 5.91 Å². The second-order valence-electron chi connectivity index (χ2n) is 6.61. The van der Waals surface area contributed by atoms with Crippen LogP contribution in [0, 0.1) is 5.82 Å². The highest BCUT2D eigenvalue weighted by atomic mass is 32.2. The van der Waals surface area contributed by atoms with Crippen LogP contribution in [0.25, 0.3) is 0 Å². The van der Waals surface area contributed by atoms with Gasteiger partial charge in [-0.15, -0.1) is 11.8 Å². The molecular formula is C20H23FN2O3S2. The van der Waals surface area contributed by atoms with E-state index in [-0.39, 0.29) is 23.0 Å². The number of benzene rings is 2. The summed E-state index contributed by atoms with van der Waals surface area (Å²) in [5, 5.41) is 0. The fraction of sp³-hybridized carbons (Fsp3) is 0.350. The van der Waals surface area contributed by atoms with Gasteiger partial charge in [0.1, 0.15) is 12.4 Å². The summed E-state index contributed by atoms with van der Waals surface area (Å²) < 4.78 is 41.4. The number of nitrogens with zero attached hydrogens (tertiary/aromatic N) is 2. The lowest BCUT2D eigenvalue weighted by Crippen LogP contribution is -2.44. The molecule has 3 rings (SSSR count). The molecule has 2 aromatic carbocycles. The SMILES string of the molecule is CSc1ccc(S(=O)(=O)N(CC(=O)N2CCCCC2)c2cccc(F)c2)cc1. The zero-order valence-electron chi connectivity index (χ0n) is 15.7. The molecule has 0 bridgehead atoms. The molecule has 1 heterocycles. The van der Waals surface area contributed by atoms with E-state index in [1.165, 1.54) is 42.1 Å². The van der Waals surface area contributed by atoms with Crippen LogP contribution in [0.1, 0.15) is 19.3 Å². The van der Waals surface area contributed by atoms with Crippen molar-refractivity contribution in [3.8, 4) is 0 Å². The molecule has 1 saturated heterocycles. The first kappa shape index (κ1) is 20.7. The van der Waals surface area contributed by atoms with Gasteiger partial charge in [0.25, 0.3) is 10.0 Å². The van der Waals surface area contributed by atoms with Crippen molar-refractivity contribution < 1.29 is 17.6 Å². The highest BCUT2D eigenvalue weighted by molar-refractivity contribution is 7.98. The average Bonchev–Trinajstić information content (AvgIpc) is 2.72. The van der Waals surface area contributed by atoms with Gasteiger partial charge < -0.3 is 4.90 Å². The maximum Gasteiger partial charge on any atom is 0.264 e. The lowest BCUT2D eigenvalue weighted by atomic mass is 10.1. The summed E-state index contributed by atoms with van der Waals surface area (Å²) in [6.45, 7) is 0.895. The number of rotatable bonds is 6. The molecule has 150 valence electrons. The van der Waals surface area contributed by atoms with Crippen molar-refractivity contribution in [3.05, 3.63) is 54.3 Å². The Hall–Kier alpha value is -2.06. The minimum Gasteiger partial charge on any atom is -0.341 e. The molecule has 2 aromatic rings. The number of carbonyl (C=O) groups is 1. The summed E-state index contributed by atoms with van der Waals surface area (Å²) >= 11 is 1.51. The Bertz CT molecular complexity index is 927. The predicted molar refractivity (Wildman–Crippen MR) is 110 cm³/mol. The number of anilines is 1. The molecule has 1 aliphatic heterocycles. The van der Waals surface area contributed by atoms with Crippen molar-refractivity contribution in [2.75, 3.05) is 30.2 Å². The lowest BCUT2D eigenvalue weighted by Gasteiger charge is -2.30. The second-order valence-corrected chi connectivity index (χ2v) is 9.35. The molecule has 1 amide bonds. The van der Waals surface area contributed by atoms with Gasteiger partial charge in [-0.25, -0.2) is 12.8 Å². The first-order chi connectivity index (χ1) is 13.4. The van der Waals surface area contributed by atoms with E-state index in [2.05, 4.69) is 0 Å². The van der Waals surface area contributed by atoms with E-state index in [0.29, 0.717) is 13.1 Å². The van der Waals surface area contributed by atoms with Crippen molar-refractivity contribution >= 4 is 33.4 Å². The molecule has 0 unspecified atom stereocenters.